The zero-order valence-electron chi connectivity index (χ0n) is 11.3. The maximum absolute atomic E-state index is 2.42. The third-order valence-corrected chi connectivity index (χ3v) is 5.17. The summed E-state index contributed by atoms with van der Waals surface area (Å²) in [5.74, 6) is 0.740. The Balaban J connectivity index is 0.00000144. The Bertz CT molecular complexity index is 450. The van der Waals surface area contributed by atoms with Gasteiger partial charge in [-0.25, -0.2) is 0 Å². The summed E-state index contributed by atoms with van der Waals surface area (Å²) in [5.41, 5.74) is 7.70. The molecule has 1 aliphatic rings. The van der Waals surface area contributed by atoms with E-state index in [9.17, 15) is 0 Å². The fourth-order valence-electron chi connectivity index (χ4n) is 2.50. The first-order valence-electron chi connectivity index (χ1n) is 6.02. The molecule has 1 aromatic carbocycles. The van der Waals surface area contributed by atoms with Crippen molar-refractivity contribution in [2.24, 2.45) is 5.92 Å². The summed E-state index contributed by atoms with van der Waals surface area (Å²) in [6.45, 7) is 9.12. The Hall–Kier alpha value is 0.423. The minimum Gasteiger partial charge on any atom is -1.00 e. The van der Waals surface area contributed by atoms with Crippen molar-refractivity contribution in [3.8, 4) is 0 Å². The van der Waals surface area contributed by atoms with Gasteiger partial charge in [0.15, 0.2) is 0 Å². The summed E-state index contributed by atoms with van der Waals surface area (Å²) in [6, 6.07) is 4.63. The van der Waals surface area contributed by atoms with Gasteiger partial charge < -0.3 is 24.8 Å². The number of aryl methyl sites for hydroxylation is 1. The SMILES string of the molecule is CC1=Cc2c(CC(C)C)ccc(C)c2[CH]1[Zr+2].[Cl-].[Cl-]. The van der Waals surface area contributed by atoms with Gasteiger partial charge in [0.1, 0.15) is 0 Å². The van der Waals surface area contributed by atoms with E-state index >= 15 is 0 Å². The Morgan fingerprint density at radius 2 is 1.78 bits per heavy atom. The van der Waals surface area contributed by atoms with E-state index in [0.717, 1.165) is 5.92 Å². The van der Waals surface area contributed by atoms with E-state index in [2.05, 4.69) is 45.9 Å². The second kappa shape index (κ2) is 7.27. The predicted molar refractivity (Wildman–Crippen MR) is 66.1 cm³/mol. The van der Waals surface area contributed by atoms with Crippen molar-refractivity contribution >= 4 is 6.08 Å². The monoisotopic (exact) mass is 359 g/mol. The van der Waals surface area contributed by atoms with Crippen molar-refractivity contribution in [1.29, 1.82) is 0 Å². The molecule has 2 rings (SSSR count). The fraction of sp³-hybridized carbons (Fsp3) is 0.467. The summed E-state index contributed by atoms with van der Waals surface area (Å²) >= 11 is 1.62. The summed E-state index contributed by atoms with van der Waals surface area (Å²) in [5, 5.41) is 0. The zero-order valence-corrected chi connectivity index (χ0v) is 15.3. The zero-order chi connectivity index (χ0) is 11.9. The van der Waals surface area contributed by atoms with Crippen molar-refractivity contribution in [2.75, 3.05) is 0 Å². The molecule has 0 amide bonds. The number of hydrogen-bond acceptors (Lipinski definition) is 0. The third kappa shape index (κ3) is 3.50. The van der Waals surface area contributed by atoms with Crippen LogP contribution in [0.1, 0.15) is 46.7 Å². The Kier molecular flexibility index (Phi) is 7.44. The van der Waals surface area contributed by atoms with E-state index in [-0.39, 0.29) is 24.8 Å². The Morgan fingerprint density at radius 3 is 2.33 bits per heavy atom. The van der Waals surface area contributed by atoms with E-state index in [1.807, 2.05) is 0 Å². The molecule has 0 saturated heterocycles. The van der Waals surface area contributed by atoms with Crippen LogP contribution in [0.3, 0.4) is 0 Å². The molecule has 0 aliphatic heterocycles. The number of halogens is 2. The van der Waals surface area contributed by atoms with Crippen LogP contribution >= 0.6 is 0 Å². The van der Waals surface area contributed by atoms with Gasteiger partial charge in [0, 0.05) is 0 Å². The summed E-state index contributed by atoms with van der Waals surface area (Å²) in [4.78, 5) is 0. The fourth-order valence-corrected chi connectivity index (χ4v) is 3.65. The quantitative estimate of drug-likeness (QED) is 0.584. The maximum atomic E-state index is 2.42. The van der Waals surface area contributed by atoms with E-state index in [1.54, 1.807) is 41.4 Å². The van der Waals surface area contributed by atoms with Crippen LogP contribution in [0.4, 0.5) is 0 Å². The Morgan fingerprint density at radius 1 is 1.17 bits per heavy atom. The average Bonchev–Trinajstić information content (AvgIpc) is 2.49. The van der Waals surface area contributed by atoms with Gasteiger partial charge in [-0.05, 0) is 0 Å². The van der Waals surface area contributed by atoms with Crippen LogP contribution in [0.2, 0.25) is 0 Å². The van der Waals surface area contributed by atoms with Gasteiger partial charge in [-0.15, -0.1) is 0 Å². The minimum absolute atomic E-state index is 0. The number of hydrogen-bond donors (Lipinski definition) is 0. The molecular weight excluding hydrogens is 342 g/mol. The molecule has 0 fully saturated rings. The maximum Gasteiger partial charge on any atom is -1.00 e. The molecule has 1 aromatic rings. The number of rotatable bonds is 2. The van der Waals surface area contributed by atoms with Crippen LogP contribution in [0.15, 0.2) is 17.7 Å². The van der Waals surface area contributed by atoms with Crippen LogP contribution in [-0.2, 0) is 31.1 Å². The minimum atomic E-state index is 0. The van der Waals surface area contributed by atoms with Gasteiger partial charge in [0.05, 0.1) is 0 Å². The van der Waals surface area contributed by atoms with Gasteiger partial charge in [-0.3, -0.25) is 0 Å². The van der Waals surface area contributed by atoms with Crippen LogP contribution in [0.25, 0.3) is 6.08 Å². The van der Waals surface area contributed by atoms with E-state index in [4.69, 9.17) is 0 Å². The van der Waals surface area contributed by atoms with E-state index in [1.165, 1.54) is 17.5 Å². The van der Waals surface area contributed by atoms with Gasteiger partial charge in [-0.2, -0.15) is 0 Å². The van der Waals surface area contributed by atoms with Crippen LogP contribution < -0.4 is 24.8 Å². The van der Waals surface area contributed by atoms with Gasteiger partial charge in [0.2, 0.25) is 0 Å². The van der Waals surface area contributed by atoms with Crippen LogP contribution in [0, 0.1) is 12.8 Å². The molecule has 0 bridgehead atoms. The summed E-state index contributed by atoms with van der Waals surface area (Å²) in [6.07, 6.45) is 3.62. The van der Waals surface area contributed by atoms with Crippen molar-refractivity contribution in [2.45, 2.75) is 37.7 Å². The van der Waals surface area contributed by atoms with Crippen molar-refractivity contribution in [3.05, 3.63) is 40.0 Å². The summed E-state index contributed by atoms with van der Waals surface area (Å²) in [7, 11) is 0. The largest absolute Gasteiger partial charge is 1.00 e. The number of benzene rings is 1. The first-order valence-corrected chi connectivity index (χ1v) is 7.44. The molecule has 97 valence electrons. The van der Waals surface area contributed by atoms with Gasteiger partial charge >= 0.3 is 114 Å². The molecule has 18 heavy (non-hydrogen) atoms. The van der Waals surface area contributed by atoms with Crippen molar-refractivity contribution < 1.29 is 49.5 Å². The van der Waals surface area contributed by atoms with Gasteiger partial charge in [0.25, 0.3) is 0 Å². The number of fused-ring (bicyclic) bond motifs is 1. The van der Waals surface area contributed by atoms with E-state index in [0.29, 0.717) is 3.63 Å². The topological polar surface area (TPSA) is 0 Å². The van der Waals surface area contributed by atoms with Crippen LogP contribution in [-0.4, -0.2) is 0 Å². The second-order valence-corrected chi connectivity index (χ2v) is 6.71. The van der Waals surface area contributed by atoms with Crippen molar-refractivity contribution in [3.63, 3.8) is 0 Å². The second-order valence-electron chi connectivity index (χ2n) is 5.29. The molecule has 0 nitrogen and oxygen atoms in total. The molecule has 0 radical (unpaired) electrons. The first kappa shape index (κ1) is 18.4. The van der Waals surface area contributed by atoms with Crippen LogP contribution in [0.5, 0.6) is 0 Å². The van der Waals surface area contributed by atoms with E-state index < -0.39 is 0 Å². The molecule has 0 aromatic heterocycles. The predicted octanol–water partition coefficient (Wildman–Crippen LogP) is -1.79. The molecule has 1 unspecified atom stereocenters. The molecular formula is C15H19Cl2Zr. The average molecular weight is 361 g/mol. The van der Waals surface area contributed by atoms with Crippen molar-refractivity contribution in [1.82, 2.24) is 0 Å². The third-order valence-electron chi connectivity index (χ3n) is 3.34. The Labute approximate surface area is 138 Å². The molecule has 1 atom stereocenters. The molecule has 3 heteroatoms. The molecule has 0 heterocycles. The molecule has 0 spiro atoms. The molecule has 0 N–H and O–H groups in total. The smallest absolute Gasteiger partial charge is 1.00 e. The number of allylic oxidation sites excluding steroid dienone is 1. The standard InChI is InChI=1S/C15H19.2ClH.Zr/c1-10(2)7-13-6-5-12(4)14-8-11(3)9-15(13)14;;;/h5-6,8-10H,7H2,1-4H3;2*1H;/q;;;+2/p-2. The normalized spacial score (nSPS) is 16.8. The molecule has 1 aliphatic carbocycles. The van der Waals surface area contributed by atoms with Gasteiger partial charge in [-0.1, -0.05) is 0 Å². The first-order chi connectivity index (χ1) is 7.50. The summed E-state index contributed by atoms with van der Waals surface area (Å²) < 4.78 is 0.703. The molecule has 0 saturated carbocycles.